The van der Waals surface area contributed by atoms with Gasteiger partial charge in [-0.15, -0.1) is 11.3 Å². The monoisotopic (exact) mass is 417 g/mol. The first-order valence-corrected chi connectivity index (χ1v) is 10.8. The minimum atomic E-state index is -0.139. The van der Waals surface area contributed by atoms with E-state index in [0.717, 1.165) is 21.5 Å². The van der Waals surface area contributed by atoms with E-state index in [9.17, 15) is 9.59 Å². The summed E-state index contributed by atoms with van der Waals surface area (Å²) in [5.74, 6) is -0.0807. The zero-order chi connectivity index (χ0) is 20.9. The van der Waals surface area contributed by atoms with Gasteiger partial charge in [-0.3, -0.25) is 9.59 Å². The molecule has 0 bridgehead atoms. The van der Waals surface area contributed by atoms with Crippen molar-refractivity contribution in [1.29, 1.82) is 0 Å². The van der Waals surface area contributed by atoms with Gasteiger partial charge in [-0.25, -0.2) is 4.98 Å². The largest absolute Gasteiger partial charge is 0.351 e. The van der Waals surface area contributed by atoms with Gasteiger partial charge in [-0.05, 0) is 36.1 Å². The molecule has 1 N–H and O–H groups in total. The van der Waals surface area contributed by atoms with Crippen molar-refractivity contribution in [3.63, 3.8) is 0 Å². The van der Waals surface area contributed by atoms with Crippen molar-refractivity contribution in [2.24, 2.45) is 0 Å². The van der Waals surface area contributed by atoms with Crippen LogP contribution in [0.3, 0.4) is 0 Å². The van der Waals surface area contributed by atoms with Crippen LogP contribution in [0, 0.1) is 6.92 Å². The number of hydrogen-bond donors (Lipinski definition) is 1. The number of aromatic nitrogens is 2. The summed E-state index contributed by atoms with van der Waals surface area (Å²) in [6.07, 6.45) is 0.546. The Bertz CT molecular complexity index is 1210. The summed E-state index contributed by atoms with van der Waals surface area (Å²) in [5, 5.41) is 4.89. The lowest BCUT2D eigenvalue weighted by atomic mass is 10.1. The number of fused-ring (bicyclic) bond motifs is 1. The second-order valence-corrected chi connectivity index (χ2v) is 8.31. The first-order chi connectivity index (χ1) is 14.6. The lowest BCUT2D eigenvalue weighted by Crippen LogP contribution is -2.28. The van der Waals surface area contributed by atoms with Crippen molar-refractivity contribution in [3.8, 4) is 0 Å². The molecule has 0 saturated carbocycles. The number of para-hydroxylation sites is 2. The number of carbonyl (C=O) groups excluding carboxylic acids is 1. The smallest absolute Gasteiger partial charge is 0.273 e. The summed E-state index contributed by atoms with van der Waals surface area (Å²) in [4.78, 5) is 31.1. The summed E-state index contributed by atoms with van der Waals surface area (Å²) in [7, 11) is 0. The lowest BCUT2D eigenvalue weighted by molar-refractivity contribution is -0.121. The Hall–Kier alpha value is -3.25. The Morgan fingerprint density at radius 1 is 1.07 bits per heavy atom. The van der Waals surface area contributed by atoms with Crippen LogP contribution in [0.1, 0.15) is 28.1 Å². The van der Waals surface area contributed by atoms with E-state index in [4.69, 9.17) is 0 Å². The van der Waals surface area contributed by atoms with Crippen molar-refractivity contribution in [2.45, 2.75) is 32.9 Å². The summed E-state index contributed by atoms with van der Waals surface area (Å²) < 4.78 is 1.76. The van der Waals surface area contributed by atoms with E-state index < -0.39 is 0 Å². The fourth-order valence-electron chi connectivity index (χ4n) is 3.36. The Labute approximate surface area is 179 Å². The third-order valence-electron chi connectivity index (χ3n) is 5.01. The predicted molar refractivity (Wildman–Crippen MR) is 121 cm³/mol. The highest BCUT2D eigenvalue weighted by Crippen LogP contribution is 2.14. The predicted octanol–water partition coefficient (Wildman–Crippen LogP) is 4.06. The highest BCUT2D eigenvalue weighted by Gasteiger charge is 2.13. The van der Waals surface area contributed by atoms with Crippen molar-refractivity contribution < 1.29 is 4.79 Å². The van der Waals surface area contributed by atoms with E-state index in [2.05, 4.69) is 10.3 Å². The van der Waals surface area contributed by atoms with Crippen molar-refractivity contribution in [2.75, 3.05) is 0 Å². The number of nitrogens with one attached hydrogen (secondary N) is 1. The van der Waals surface area contributed by atoms with E-state index in [1.165, 1.54) is 5.56 Å². The molecule has 0 spiro atoms. The molecule has 2 heterocycles. The summed E-state index contributed by atoms with van der Waals surface area (Å²) in [6, 6.07) is 19.7. The molecule has 0 saturated heterocycles. The van der Waals surface area contributed by atoms with Crippen LogP contribution in [0.15, 0.2) is 70.8 Å². The molecule has 1 amide bonds. The molecule has 0 fully saturated rings. The molecule has 30 heavy (non-hydrogen) atoms. The highest BCUT2D eigenvalue weighted by molar-refractivity contribution is 7.09. The molecular weight excluding hydrogens is 394 g/mol. The average molecular weight is 418 g/mol. The first-order valence-electron chi connectivity index (χ1n) is 9.93. The second-order valence-electron chi connectivity index (χ2n) is 7.28. The zero-order valence-corrected chi connectivity index (χ0v) is 17.6. The van der Waals surface area contributed by atoms with Crippen molar-refractivity contribution >= 4 is 28.3 Å². The molecule has 0 aliphatic rings. The molecule has 4 rings (SSSR count). The third kappa shape index (κ3) is 4.66. The standard InChI is InChI=1S/C24H23N3O2S/c1-17-8-10-18(11-9-17)16-27-22-7-3-2-6-20(22)26-21(24(27)29)12-13-23(28)25-15-19-5-4-14-30-19/h2-11,14H,12-13,15-16H2,1H3,(H,25,28). The van der Waals surface area contributed by atoms with Crippen LogP contribution in [-0.4, -0.2) is 15.5 Å². The fourth-order valence-corrected chi connectivity index (χ4v) is 4.00. The number of amides is 1. The van der Waals surface area contributed by atoms with Gasteiger partial charge in [0.15, 0.2) is 0 Å². The van der Waals surface area contributed by atoms with Crippen LogP contribution in [-0.2, 0) is 24.3 Å². The number of hydrogen-bond acceptors (Lipinski definition) is 4. The summed E-state index contributed by atoms with van der Waals surface area (Å²) in [5.41, 5.74) is 4.08. The number of rotatable bonds is 7. The van der Waals surface area contributed by atoms with Gasteiger partial charge in [-0.2, -0.15) is 0 Å². The summed E-state index contributed by atoms with van der Waals surface area (Å²) >= 11 is 1.61. The molecule has 0 unspecified atom stereocenters. The quantitative estimate of drug-likeness (QED) is 0.493. The highest BCUT2D eigenvalue weighted by atomic mass is 32.1. The van der Waals surface area contributed by atoms with Gasteiger partial charge in [0, 0.05) is 17.7 Å². The average Bonchev–Trinajstić information content (AvgIpc) is 3.28. The maximum absolute atomic E-state index is 13.2. The maximum atomic E-state index is 13.2. The Balaban J connectivity index is 1.55. The van der Waals surface area contributed by atoms with Crippen molar-refractivity contribution in [1.82, 2.24) is 14.9 Å². The van der Waals surface area contributed by atoms with E-state index in [-0.39, 0.29) is 17.9 Å². The zero-order valence-electron chi connectivity index (χ0n) is 16.8. The van der Waals surface area contributed by atoms with Crippen LogP contribution < -0.4 is 10.9 Å². The van der Waals surface area contributed by atoms with Crippen LogP contribution in [0.25, 0.3) is 11.0 Å². The van der Waals surface area contributed by atoms with Gasteiger partial charge >= 0.3 is 0 Å². The third-order valence-corrected chi connectivity index (χ3v) is 5.89. The van der Waals surface area contributed by atoms with Gasteiger partial charge in [0.25, 0.3) is 5.56 Å². The number of carbonyl (C=O) groups is 1. The number of nitrogens with zero attached hydrogens (tertiary/aromatic N) is 2. The molecular formula is C24H23N3O2S. The molecule has 2 aromatic heterocycles. The molecule has 2 aromatic carbocycles. The van der Waals surface area contributed by atoms with Gasteiger partial charge in [0.05, 0.1) is 24.1 Å². The van der Waals surface area contributed by atoms with Gasteiger partial charge in [0.2, 0.25) is 5.91 Å². The van der Waals surface area contributed by atoms with E-state index in [0.29, 0.717) is 25.2 Å². The van der Waals surface area contributed by atoms with E-state index >= 15 is 0 Å². The first kappa shape index (κ1) is 20.0. The molecule has 4 aromatic rings. The van der Waals surface area contributed by atoms with Crippen LogP contribution >= 0.6 is 11.3 Å². The minimum Gasteiger partial charge on any atom is -0.351 e. The fraction of sp³-hybridized carbons (Fsp3) is 0.208. The Morgan fingerprint density at radius 3 is 2.63 bits per heavy atom. The molecule has 152 valence electrons. The normalized spacial score (nSPS) is 11.0. The number of benzene rings is 2. The molecule has 0 atom stereocenters. The minimum absolute atomic E-state index is 0.0807. The molecule has 6 heteroatoms. The maximum Gasteiger partial charge on any atom is 0.273 e. The number of aryl methyl sites for hydroxylation is 2. The Kier molecular flexibility index (Phi) is 6.05. The lowest BCUT2D eigenvalue weighted by Gasteiger charge is -2.13. The SMILES string of the molecule is Cc1ccc(Cn2c(=O)c(CCC(=O)NCc3cccs3)nc3ccccc32)cc1. The van der Waals surface area contributed by atoms with Gasteiger partial charge in [-0.1, -0.05) is 48.0 Å². The Morgan fingerprint density at radius 2 is 1.87 bits per heavy atom. The van der Waals surface area contributed by atoms with Gasteiger partial charge < -0.3 is 9.88 Å². The molecule has 0 aliphatic heterocycles. The van der Waals surface area contributed by atoms with Crippen LogP contribution in [0.2, 0.25) is 0 Å². The van der Waals surface area contributed by atoms with Crippen LogP contribution in [0.4, 0.5) is 0 Å². The molecule has 5 nitrogen and oxygen atoms in total. The molecule has 0 aliphatic carbocycles. The number of thiophene rings is 1. The second kappa shape index (κ2) is 9.05. The van der Waals surface area contributed by atoms with E-state index in [1.54, 1.807) is 15.9 Å². The molecule has 0 radical (unpaired) electrons. The summed E-state index contributed by atoms with van der Waals surface area (Å²) in [6.45, 7) is 3.03. The topological polar surface area (TPSA) is 64.0 Å². The van der Waals surface area contributed by atoms with E-state index in [1.807, 2.05) is 73.0 Å². The van der Waals surface area contributed by atoms with Gasteiger partial charge in [0.1, 0.15) is 5.69 Å². The van der Waals surface area contributed by atoms with Crippen molar-refractivity contribution in [3.05, 3.63) is 98.1 Å². The van der Waals surface area contributed by atoms with Crippen LogP contribution in [0.5, 0.6) is 0 Å².